The molecule has 1 aromatic rings. The fourth-order valence-electron chi connectivity index (χ4n) is 3.49. The maximum absolute atomic E-state index is 12.5. The minimum Gasteiger partial charge on any atom is -0.334 e. The Balaban J connectivity index is 1.85. The lowest BCUT2D eigenvalue weighted by atomic mass is 9.92. The predicted molar refractivity (Wildman–Crippen MR) is 70.8 cm³/mol. The van der Waals surface area contributed by atoms with Gasteiger partial charge in [-0.25, -0.2) is 0 Å². The number of likely N-dealkylation sites (tertiary alicyclic amines) is 1. The van der Waals surface area contributed by atoms with Crippen molar-refractivity contribution in [1.82, 2.24) is 4.90 Å². The molecule has 3 rings (SSSR count). The Kier molecular flexibility index (Phi) is 2.67. The van der Waals surface area contributed by atoms with Crippen LogP contribution in [0.25, 0.3) is 0 Å². The van der Waals surface area contributed by atoms with Gasteiger partial charge in [0.1, 0.15) is 0 Å². The van der Waals surface area contributed by atoms with Gasteiger partial charge < -0.3 is 10.6 Å². The quantitative estimate of drug-likeness (QED) is 0.866. The largest absolute Gasteiger partial charge is 0.334 e. The lowest BCUT2D eigenvalue weighted by molar-refractivity contribution is -0.132. The number of amides is 1. The molecule has 0 aromatic heterocycles. The summed E-state index contributed by atoms with van der Waals surface area (Å²) in [6.45, 7) is 2.81. The van der Waals surface area contributed by atoms with Gasteiger partial charge in [-0.1, -0.05) is 36.8 Å². The van der Waals surface area contributed by atoms with E-state index in [0.29, 0.717) is 6.54 Å². The van der Waals surface area contributed by atoms with Crippen LogP contribution in [0.4, 0.5) is 0 Å². The van der Waals surface area contributed by atoms with E-state index < -0.39 is 0 Å². The van der Waals surface area contributed by atoms with Gasteiger partial charge in [0.05, 0.1) is 12.0 Å². The van der Waals surface area contributed by atoms with E-state index in [1.165, 1.54) is 5.56 Å². The fraction of sp³-hybridized carbons (Fsp3) is 0.533. The highest BCUT2D eigenvalue weighted by Crippen LogP contribution is 2.43. The van der Waals surface area contributed by atoms with Gasteiger partial charge in [0.25, 0.3) is 0 Å². The van der Waals surface area contributed by atoms with Gasteiger partial charge in [0.15, 0.2) is 0 Å². The van der Waals surface area contributed by atoms with E-state index in [1.807, 2.05) is 23.1 Å². The second kappa shape index (κ2) is 4.09. The van der Waals surface area contributed by atoms with E-state index in [2.05, 4.69) is 19.1 Å². The summed E-state index contributed by atoms with van der Waals surface area (Å²) in [6, 6.07) is 10.3. The molecule has 1 saturated heterocycles. The third-order valence-corrected chi connectivity index (χ3v) is 4.62. The summed E-state index contributed by atoms with van der Waals surface area (Å²) in [4.78, 5) is 14.4. The van der Waals surface area contributed by atoms with E-state index in [1.54, 1.807) is 0 Å². The van der Waals surface area contributed by atoms with Crippen LogP contribution in [0.2, 0.25) is 0 Å². The van der Waals surface area contributed by atoms with Crippen LogP contribution in [0.1, 0.15) is 37.8 Å². The standard InChI is InChI=1S/C15H20N2O/c1-11(12-6-3-2-4-7-12)17-10-15(16)9-5-8-13(15)14(17)18/h2-4,6-7,11,13H,5,8-10,16H2,1H3/t11-,13-,15-/m1/s1. The average molecular weight is 244 g/mol. The number of nitrogens with zero attached hydrogens (tertiary/aromatic N) is 1. The van der Waals surface area contributed by atoms with Crippen molar-refractivity contribution in [3.63, 3.8) is 0 Å². The number of benzene rings is 1. The van der Waals surface area contributed by atoms with Crippen molar-refractivity contribution in [1.29, 1.82) is 0 Å². The average Bonchev–Trinajstić information content (AvgIpc) is 2.87. The highest BCUT2D eigenvalue weighted by Gasteiger charge is 2.53. The maximum Gasteiger partial charge on any atom is 0.228 e. The summed E-state index contributed by atoms with van der Waals surface area (Å²) in [6.07, 6.45) is 3.05. The normalized spacial score (nSPS) is 32.7. The molecular weight excluding hydrogens is 224 g/mol. The summed E-state index contributed by atoms with van der Waals surface area (Å²) in [5.41, 5.74) is 7.32. The molecule has 1 amide bonds. The van der Waals surface area contributed by atoms with E-state index in [9.17, 15) is 4.79 Å². The highest BCUT2D eigenvalue weighted by molar-refractivity contribution is 5.84. The minimum atomic E-state index is -0.264. The van der Waals surface area contributed by atoms with Crippen molar-refractivity contribution in [3.8, 4) is 0 Å². The summed E-state index contributed by atoms with van der Waals surface area (Å²) < 4.78 is 0. The first-order valence-electron chi connectivity index (χ1n) is 6.76. The van der Waals surface area contributed by atoms with Crippen LogP contribution >= 0.6 is 0 Å². The highest BCUT2D eigenvalue weighted by atomic mass is 16.2. The summed E-state index contributed by atoms with van der Waals surface area (Å²) >= 11 is 0. The predicted octanol–water partition coefficient (Wildman–Crippen LogP) is 2.09. The Bertz CT molecular complexity index is 459. The Morgan fingerprint density at radius 2 is 2.11 bits per heavy atom. The first-order valence-corrected chi connectivity index (χ1v) is 6.76. The SMILES string of the molecule is C[C@H](c1ccccc1)N1C[C@]2(N)CCC[C@@H]2C1=O. The van der Waals surface area contributed by atoms with Gasteiger partial charge >= 0.3 is 0 Å². The second-order valence-electron chi connectivity index (χ2n) is 5.73. The van der Waals surface area contributed by atoms with Gasteiger partial charge in [-0.3, -0.25) is 4.79 Å². The molecule has 3 heteroatoms. The molecule has 3 atom stereocenters. The topological polar surface area (TPSA) is 46.3 Å². The molecule has 3 nitrogen and oxygen atoms in total. The first-order chi connectivity index (χ1) is 8.62. The molecule has 0 spiro atoms. The molecule has 2 N–H and O–H groups in total. The van der Waals surface area contributed by atoms with Crippen LogP contribution in [-0.4, -0.2) is 22.9 Å². The molecule has 1 aliphatic heterocycles. The third-order valence-electron chi connectivity index (χ3n) is 4.62. The monoisotopic (exact) mass is 244 g/mol. The van der Waals surface area contributed by atoms with Crippen LogP contribution in [0.15, 0.2) is 30.3 Å². The van der Waals surface area contributed by atoms with Crippen LogP contribution in [0, 0.1) is 5.92 Å². The fourth-order valence-corrected chi connectivity index (χ4v) is 3.49. The van der Waals surface area contributed by atoms with E-state index >= 15 is 0 Å². The molecule has 2 fully saturated rings. The number of nitrogens with two attached hydrogens (primary N) is 1. The summed E-state index contributed by atoms with van der Waals surface area (Å²) in [5.74, 6) is 0.315. The number of hydrogen-bond donors (Lipinski definition) is 1. The van der Waals surface area contributed by atoms with Gasteiger partial charge in [-0.15, -0.1) is 0 Å². The molecule has 1 aromatic carbocycles. The lowest BCUT2D eigenvalue weighted by Crippen LogP contribution is -2.44. The molecule has 2 aliphatic rings. The van der Waals surface area contributed by atoms with Gasteiger partial charge in [0.2, 0.25) is 5.91 Å². The molecule has 1 saturated carbocycles. The van der Waals surface area contributed by atoms with E-state index in [0.717, 1.165) is 19.3 Å². The Morgan fingerprint density at radius 1 is 1.39 bits per heavy atom. The number of carbonyl (C=O) groups excluding carboxylic acids is 1. The van der Waals surface area contributed by atoms with Gasteiger partial charge in [-0.2, -0.15) is 0 Å². The molecule has 0 radical (unpaired) electrons. The minimum absolute atomic E-state index is 0.0589. The van der Waals surface area contributed by atoms with Crippen molar-refractivity contribution >= 4 is 5.91 Å². The molecule has 96 valence electrons. The smallest absolute Gasteiger partial charge is 0.228 e. The molecule has 18 heavy (non-hydrogen) atoms. The van der Waals surface area contributed by atoms with Crippen molar-refractivity contribution in [3.05, 3.63) is 35.9 Å². The number of hydrogen-bond acceptors (Lipinski definition) is 2. The van der Waals surface area contributed by atoms with Crippen molar-refractivity contribution in [2.45, 2.75) is 37.8 Å². The van der Waals surface area contributed by atoms with Gasteiger partial charge in [0, 0.05) is 12.1 Å². The van der Waals surface area contributed by atoms with E-state index in [-0.39, 0.29) is 23.4 Å². The summed E-state index contributed by atoms with van der Waals surface area (Å²) in [5, 5.41) is 0. The lowest BCUT2D eigenvalue weighted by Gasteiger charge is -2.27. The number of rotatable bonds is 2. The Labute approximate surface area is 108 Å². The molecule has 0 unspecified atom stereocenters. The second-order valence-corrected chi connectivity index (χ2v) is 5.73. The van der Waals surface area contributed by atoms with Crippen LogP contribution in [0.3, 0.4) is 0 Å². The van der Waals surface area contributed by atoms with Gasteiger partial charge in [-0.05, 0) is 25.3 Å². The number of carbonyl (C=O) groups is 1. The first kappa shape index (κ1) is 11.7. The van der Waals surface area contributed by atoms with Crippen LogP contribution < -0.4 is 5.73 Å². The van der Waals surface area contributed by atoms with Crippen molar-refractivity contribution in [2.24, 2.45) is 11.7 Å². The Hall–Kier alpha value is -1.35. The number of fused-ring (bicyclic) bond motifs is 1. The van der Waals surface area contributed by atoms with Crippen molar-refractivity contribution < 1.29 is 4.79 Å². The molecular formula is C15H20N2O. The van der Waals surface area contributed by atoms with Crippen LogP contribution in [0.5, 0.6) is 0 Å². The molecule has 0 bridgehead atoms. The zero-order chi connectivity index (χ0) is 12.8. The van der Waals surface area contributed by atoms with Crippen LogP contribution in [-0.2, 0) is 4.79 Å². The third kappa shape index (κ3) is 1.65. The van der Waals surface area contributed by atoms with Crippen molar-refractivity contribution in [2.75, 3.05) is 6.54 Å². The maximum atomic E-state index is 12.5. The molecule has 1 heterocycles. The molecule has 1 aliphatic carbocycles. The summed E-state index contributed by atoms with van der Waals surface area (Å²) in [7, 11) is 0. The zero-order valence-electron chi connectivity index (χ0n) is 10.8. The van der Waals surface area contributed by atoms with E-state index in [4.69, 9.17) is 5.73 Å². The zero-order valence-corrected chi connectivity index (χ0v) is 10.8. The Morgan fingerprint density at radius 3 is 2.78 bits per heavy atom.